The van der Waals surface area contributed by atoms with E-state index in [2.05, 4.69) is 5.16 Å². The first-order valence-corrected chi connectivity index (χ1v) is 5.37. The van der Waals surface area contributed by atoms with Crippen molar-refractivity contribution in [3.63, 3.8) is 0 Å². The standard InChI is InChI=1S/C11H17NO3/c1-10-4-3-7(5-8(10)12-15)11(10,2)6-9(13)14/h7,15H,3-6H2,1-2H3,(H,13,14)/b12-8-/t7-,10-,11-/m0/s1. The van der Waals surface area contributed by atoms with Crippen molar-refractivity contribution < 1.29 is 15.1 Å². The Bertz CT molecular complexity index is 339. The highest BCUT2D eigenvalue weighted by Crippen LogP contribution is 2.65. The average Bonchev–Trinajstić information content (AvgIpc) is 2.49. The second kappa shape index (κ2) is 2.97. The van der Waals surface area contributed by atoms with Crippen LogP contribution >= 0.6 is 0 Å². The van der Waals surface area contributed by atoms with Gasteiger partial charge in [0.05, 0.1) is 12.1 Å². The minimum Gasteiger partial charge on any atom is -0.481 e. The van der Waals surface area contributed by atoms with Crippen LogP contribution in [0.3, 0.4) is 0 Å². The van der Waals surface area contributed by atoms with Gasteiger partial charge in [0.2, 0.25) is 0 Å². The monoisotopic (exact) mass is 211 g/mol. The molecule has 2 aliphatic rings. The molecule has 2 fully saturated rings. The summed E-state index contributed by atoms with van der Waals surface area (Å²) in [6.45, 7) is 4.06. The summed E-state index contributed by atoms with van der Waals surface area (Å²) in [5.74, 6) is -0.390. The molecule has 0 aliphatic heterocycles. The van der Waals surface area contributed by atoms with Gasteiger partial charge in [-0.2, -0.15) is 0 Å². The summed E-state index contributed by atoms with van der Waals surface area (Å²) in [7, 11) is 0. The van der Waals surface area contributed by atoms with Crippen LogP contribution in [0.4, 0.5) is 0 Å². The third-order valence-electron chi connectivity index (χ3n) is 4.87. The molecule has 2 saturated carbocycles. The highest BCUT2D eigenvalue weighted by Gasteiger charge is 2.63. The molecule has 4 nitrogen and oxygen atoms in total. The Morgan fingerprint density at radius 1 is 1.60 bits per heavy atom. The minimum absolute atomic E-state index is 0.174. The molecule has 2 aliphatic carbocycles. The van der Waals surface area contributed by atoms with Gasteiger partial charge in [0.1, 0.15) is 0 Å². The number of oxime groups is 1. The minimum atomic E-state index is -0.755. The van der Waals surface area contributed by atoms with Crippen LogP contribution in [0.15, 0.2) is 5.16 Å². The molecule has 0 saturated heterocycles. The van der Waals surface area contributed by atoms with E-state index in [0.29, 0.717) is 5.92 Å². The SMILES string of the molecule is C[C@]12CC[C@@H](C/C1=N/O)[C@]2(C)CC(=O)O. The predicted octanol–water partition coefficient (Wildman–Crippen LogP) is 2.12. The van der Waals surface area contributed by atoms with Gasteiger partial charge < -0.3 is 10.3 Å². The third kappa shape index (κ3) is 1.13. The number of fused-ring (bicyclic) bond motifs is 2. The number of carbonyl (C=O) groups is 1. The molecule has 0 unspecified atom stereocenters. The number of carboxylic acids is 1. The van der Waals surface area contributed by atoms with Gasteiger partial charge in [-0.05, 0) is 30.6 Å². The Hall–Kier alpha value is -1.06. The zero-order valence-electron chi connectivity index (χ0n) is 9.16. The van der Waals surface area contributed by atoms with Gasteiger partial charge in [0.15, 0.2) is 0 Å². The first-order chi connectivity index (χ1) is 6.94. The maximum Gasteiger partial charge on any atom is 0.303 e. The first kappa shape index (κ1) is 10.5. The molecule has 15 heavy (non-hydrogen) atoms. The fourth-order valence-electron chi connectivity index (χ4n) is 3.58. The van der Waals surface area contributed by atoms with E-state index in [4.69, 9.17) is 10.3 Å². The van der Waals surface area contributed by atoms with E-state index >= 15 is 0 Å². The van der Waals surface area contributed by atoms with E-state index in [9.17, 15) is 4.79 Å². The Morgan fingerprint density at radius 3 is 2.73 bits per heavy atom. The van der Waals surface area contributed by atoms with Crippen LogP contribution in [0.25, 0.3) is 0 Å². The predicted molar refractivity (Wildman–Crippen MR) is 55.0 cm³/mol. The van der Waals surface area contributed by atoms with Gasteiger partial charge in [-0.15, -0.1) is 0 Å². The van der Waals surface area contributed by atoms with Gasteiger partial charge in [-0.1, -0.05) is 19.0 Å². The normalized spacial score (nSPS) is 46.3. The quantitative estimate of drug-likeness (QED) is 0.543. The van der Waals surface area contributed by atoms with Crippen molar-refractivity contribution in [3.05, 3.63) is 0 Å². The molecule has 0 heterocycles. The fraction of sp³-hybridized carbons (Fsp3) is 0.818. The van der Waals surface area contributed by atoms with E-state index < -0.39 is 5.97 Å². The Morgan fingerprint density at radius 2 is 2.27 bits per heavy atom. The second-order valence-corrected chi connectivity index (χ2v) is 5.31. The molecule has 0 aromatic rings. The van der Waals surface area contributed by atoms with Crippen molar-refractivity contribution in [1.29, 1.82) is 0 Å². The van der Waals surface area contributed by atoms with Crippen molar-refractivity contribution in [3.8, 4) is 0 Å². The lowest BCUT2D eigenvalue weighted by atomic mass is 9.67. The number of hydrogen-bond donors (Lipinski definition) is 2. The summed E-state index contributed by atoms with van der Waals surface area (Å²) in [6, 6.07) is 0. The molecular weight excluding hydrogens is 194 g/mol. The van der Waals surface area contributed by atoms with Crippen LogP contribution < -0.4 is 0 Å². The van der Waals surface area contributed by atoms with Crippen molar-refractivity contribution in [1.82, 2.24) is 0 Å². The van der Waals surface area contributed by atoms with Gasteiger partial charge in [0, 0.05) is 5.41 Å². The summed E-state index contributed by atoms with van der Waals surface area (Å²) in [4.78, 5) is 10.9. The van der Waals surface area contributed by atoms with Gasteiger partial charge in [-0.3, -0.25) is 4.79 Å². The largest absolute Gasteiger partial charge is 0.481 e. The number of hydrogen-bond acceptors (Lipinski definition) is 3. The lowest BCUT2D eigenvalue weighted by molar-refractivity contribution is -0.141. The number of carboxylic acid groups (broad SMARTS) is 1. The van der Waals surface area contributed by atoms with E-state index in [-0.39, 0.29) is 17.3 Å². The third-order valence-corrected chi connectivity index (χ3v) is 4.87. The summed E-state index contributed by atoms with van der Waals surface area (Å²) < 4.78 is 0. The van der Waals surface area contributed by atoms with Crippen LogP contribution in [-0.2, 0) is 4.79 Å². The Labute approximate surface area is 89.0 Å². The maximum absolute atomic E-state index is 10.9. The van der Waals surface area contributed by atoms with Crippen LogP contribution in [0.1, 0.15) is 39.5 Å². The van der Waals surface area contributed by atoms with Gasteiger partial charge in [0.25, 0.3) is 0 Å². The fourth-order valence-corrected chi connectivity index (χ4v) is 3.58. The zero-order valence-corrected chi connectivity index (χ0v) is 9.16. The zero-order chi connectivity index (χ0) is 11.3. The summed E-state index contributed by atoms with van der Waals surface area (Å²) in [5, 5.41) is 21.3. The highest BCUT2D eigenvalue weighted by atomic mass is 16.4. The van der Waals surface area contributed by atoms with E-state index in [0.717, 1.165) is 25.0 Å². The molecule has 0 amide bonds. The maximum atomic E-state index is 10.9. The van der Waals surface area contributed by atoms with Crippen LogP contribution in [0.5, 0.6) is 0 Å². The molecule has 2 rings (SSSR count). The van der Waals surface area contributed by atoms with Crippen LogP contribution in [0.2, 0.25) is 0 Å². The van der Waals surface area contributed by atoms with Crippen LogP contribution in [0, 0.1) is 16.7 Å². The van der Waals surface area contributed by atoms with Crippen molar-refractivity contribution in [2.75, 3.05) is 0 Å². The topological polar surface area (TPSA) is 69.9 Å². The average molecular weight is 211 g/mol. The number of nitrogens with zero attached hydrogens (tertiary/aromatic N) is 1. The molecule has 3 atom stereocenters. The Balaban J connectivity index is 2.39. The molecule has 0 aromatic heterocycles. The first-order valence-electron chi connectivity index (χ1n) is 5.37. The van der Waals surface area contributed by atoms with Crippen molar-refractivity contribution in [2.45, 2.75) is 39.5 Å². The number of rotatable bonds is 2. The van der Waals surface area contributed by atoms with Crippen LogP contribution in [-0.4, -0.2) is 22.0 Å². The lowest BCUT2D eigenvalue weighted by Crippen LogP contribution is -2.36. The smallest absolute Gasteiger partial charge is 0.303 e. The van der Waals surface area contributed by atoms with Crippen molar-refractivity contribution in [2.24, 2.45) is 21.9 Å². The molecule has 2 N–H and O–H groups in total. The molecule has 0 radical (unpaired) electrons. The van der Waals surface area contributed by atoms with Gasteiger partial charge in [-0.25, -0.2) is 0 Å². The summed E-state index contributed by atoms with van der Waals surface area (Å²) in [6.07, 6.45) is 2.93. The summed E-state index contributed by atoms with van der Waals surface area (Å²) in [5.41, 5.74) is 0.341. The Kier molecular flexibility index (Phi) is 2.07. The highest BCUT2D eigenvalue weighted by molar-refractivity contribution is 5.94. The number of aliphatic carboxylic acids is 1. The second-order valence-electron chi connectivity index (χ2n) is 5.31. The van der Waals surface area contributed by atoms with E-state index in [1.54, 1.807) is 0 Å². The van der Waals surface area contributed by atoms with Gasteiger partial charge >= 0.3 is 5.97 Å². The lowest BCUT2D eigenvalue weighted by Gasteiger charge is -2.36. The molecular formula is C11H17NO3. The molecule has 0 aromatic carbocycles. The van der Waals surface area contributed by atoms with Crippen molar-refractivity contribution >= 4 is 11.7 Å². The van der Waals surface area contributed by atoms with E-state index in [1.807, 2.05) is 13.8 Å². The molecule has 4 heteroatoms. The summed E-state index contributed by atoms with van der Waals surface area (Å²) >= 11 is 0. The van der Waals surface area contributed by atoms with E-state index in [1.165, 1.54) is 0 Å². The molecule has 84 valence electrons. The molecule has 0 spiro atoms. The molecule has 2 bridgehead atoms.